The lowest BCUT2D eigenvalue weighted by Crippen LogP contribution is -1.91. The highest BCUT2D eigenvalue weighted by molar-refractivity contribution is 7.99. The molecule has 0 aliphatic heterocycles. The number of anilines is 2. The Morgan fingerprint density at radius 2 is 1.18 bits per heavy atom. The average molecular weight is 285 g/mol. The van der Waals surface area contributed by atoms with Crippen LogP contribution in [0.1, 0.15) is 0 Å². The van der Waals surface area contributed by atoms with Crippen molar-refractivity contribution in [1.29, 1.82) is 0 Å². The first-order valence-electron chi connectivity index (χ1n) is 4.84. The third-order valence-electron chi connectivity index (χ3n) is 2.17. The number of halogens is 2. The van der Waals surface area contributed by atoms with Crippen LogP contribution in [0.25, 0.3) is 0 Å². The number of nitrogens with two attached hydrogens (primary N) is 2. The molecule has 5 heteroatoms. The lowest BCUT2D eigenvalue weighted by molar-refractivity contribution is 1.41. The molecule has 4 N–H and O–H groups in total. The molecule has 0 aliphatic carbocycles. The number of benzene rings is 2. The highest BCUT2D eigenvalue weighted by atomic mass is 35.5. The van der Waals surface area contributed by atoms with E-state index in [1.807, 2.05) is 12.1 Å². The minimum absolute atomic E-state index is 0.641. The second kappa shape index (κ2) is 5.08. The van der Waals surface area contributed by atoms with Crippen LogP contribution in [0.3, 0.4) is 0 Å². The summed E-state index contributed by atoms with van der Waals surface area (Å²) in [5.74, 6) is 0. The average Bonchev–Trinajstić information content (AvgIpc) is 2.28. The van der Waals surface area contributed by atoms with Crippen LogP contribution in [0.4, 0.5) is 11.4 Å². The summed E-state index contributed by atoms with van der Waals surface area (Å²) in [6.45, 7) is 0. The number of nitrogen functional groups attached to an aromatic ring is 2. The molecule has 0 saturated heterocycles. The van der Waals surface area contributed by atoms with E-state index in [9.17, 15) is 0 Å². The van der Waals surface area contributed by atoms with Crippen molar-refractivity contribution < 1.29 is 0 Å². The minimum atomic E-state index is 0.641. The van der Waals surface area contributed by atoms with E-state index in [0.29, 0.717) is 21.4 Å². The fourth-order valence-corrected chi connectivity index (χ4v) is 2.77. The maximum atomic E-state index is 5.93. The summed E-state index contributed by atoms with van der Waals surface area (Å²) in [7, 11) is 0. The Morgan fingerprint density at radius 1 is 0.765 bits per heavy atom. The van der Waals surface area contributed by atoms with Crippen molar-refractivity contribution in [2.24, 2.45) is 0 Å². The first kappa shape index (κ1) is 12.4. The number of hydrogen-bond donors (Lipinski definition) is 2. The third-order valence-corrected chi connectivity index (χ3v) is 3.79. The molecule has 2 aromatic rings. The van der Waals surface area contributed by atoms with Gasteiger partial charge in [0.25, 0.3) is 0 Å². The van der Waals surface area contributed by atoms with Gasteiger partial charge in [0.05, 0.1) is 0 Å². The van der Waals surface area contributed by atoms with Crippen molar-refractivity contribution >= 4 is 46.3 Å². The summed E-state index contributed by atoms with van der Waals surface area (Å²) < 4.78 is 0. The van der Waals surface area contributed by atoms with Crippen molar-refractivity contribution in [3.05, 3.63) is 46.4 Å². The molecule has 2 aromatic carbocycles. The summed E-state index contributed by atoms with van der Waals surface area (Å²) in [5.41, 5.74) is 13.1. The zero-order valence-electron chi connectivity index (χ0n) is 8.78. The Balaban J connectivity index is 2.37. The summed E-state index contributed by atoms with van der Waals surface area (Å²) in [6, 6.07) is 10.7. The van der Waals surface area contributed by atoms with Gasteiger partial charge >= 0.3 is 0 Å². The topological polar surface area (TPSA) is 52.0 Å². The zero-order chi connectivity index (χ0) is 12.4. The molecular formula is C12H10Cl2N2S. The Morgan fingerprint density at radius 3 is 1.59 bits per heavy atom. The fourth-order valence-electron chi connectivity index (χ4n) is 1.31. The molecule has 0 bridgehead atoms. The van der Waals surface area contributed by atoms with E-state index in [1.165, 1.54) is 11.8 Å². The quantitative estimate of drug-likeness (QED) is 0.808. The van der Waals surface area contributed by atoms with Gasteiger partial charge in [-0.25, -0.2) is 0 Å². The molecule has 2 nitrogen and oxygen atoms in total. The first-order valence-corrected chi connectivity index (χ1v) is 6.41. The maximum Gasteiger partial charge on any atom is 0.0456 e. The lowest BCUT2D eigenvalue weighted by atomic mass is 10.3. The molecule has 0 unspecified atom stereocenters. The number of hydrogen-bond acceptors (Lipinski definition) is 3. The smallest absolute Gasteiger partial charge is 0.0456 e. The predicted molar refractivity (Wildman–Crippen MR) is 75.9 cm³/mol. The highest BCUT2D eigenvalue weighted by Crippen LogP contribution is 2.37. The predicted octanol–water partition coefficient (Wildman–Crippen LogP) is 4.31. The van der Waals surface area contributed by atoms with Gasteiger partial charge < -0.3 is 11.5 Å². The number of rotatable bonds is 2. The second-order valence-corrected chi connectivity index (χ2v) is 5.42. The van der Waals surface area contributed by atoms with Gasteiger partial charge in [-0.2, -0.15) is 0 Å². The van der Waals surface area contributed by atoms with Crippen molar-refractivity contribution in [2.75, 3.05) is 11.5 Å². The Hall–Kier alpha value is -1.03. The maximum absolute atomic E-state index is 5.93. The molecule has 17 heavy (non-hydrogen) atoms. The van der Waals surface area contributed by atoms with E-state index in [2.05, 4.69) is 0 Å². The van der Waals surface area contributed by atoms with Gasteiger partial charge in [0.1, 0.15) is 0 Å². The van der Waals surface area contributed by atoms with Crippen LogP contribution >= 0.6 is 35.0 Å². The molecule has 0 aromatic heterocycles. The highest BCUT2D eigenvalue weighted by Gasteiger charge is 2.06. The molecule has 0 atom stereocenters. The van der Waals surface area contributed by atoms with Crippen LogP contribution in [0, 0.1) is 0 Å². The molecule has 0 spiro atoms. The molecular weight excluding hydrogens is 275 g/mol. The molecule has 0 saturated carbocycles. The van der Waals surface area contributed by atoms with Gasteiger partial charge in [-0.3, -0.25) is 0 Å². The Bertz CT molecular complexity index is 509. The van der Waals surface area contributed by atoms with Crippen LogP contribution in [0.15, 0.2) is 46.2 Å². The molecule has 0 fully saturated rings. The lowest BCUT2D eigenvalue weighted by Gasteiger charge is -2.08. The standard InChI is InChI=1S/C12H10Cl2N2S/c13-7-1-3-9(15)11(5-7)17-12-6-8(14)2-4-10(12)16/h1-6H,15-16H2. The van der Waals surface area contributed by atoms with Gasteiger partial charge in [-0.15, -0.1) is 0 Å². The van der Waals surface area contributed by atoms with E-state index >= 15 is 0 Å². The van der Waals surface area contributed by atoms with Crippen LogP contribution in [-0.4, -0.2) is 0 Å². The fraction of sp³-hybridized carbons (Fsp3) is 0. The van der Waals surface area contributed by atoms with Crippen LogP contribution in [-0.2, 0) is 0 Å². The monoisotopic (exact) mass is 284 g/mol. The third kappa shape index (κ3) is 3.00. The van der Waals surface area contributed by atoms with E-state index in [0.717, 1.165) is 9.79 Å². The Kier molecular flexibility index (Phi) is 3.72. The largest absolute Gasteiger partial charge is 0.398 e. The normalized spacial score (nSPS) is 10.5. The van der Waals surface area contributed by atoms with Crippen molar-refractivity contribution in [2.45, 2.75) is 9.79 Å². The summed E-state index contributed by atoms with van der Waals surface area (Å²) in [4.78, 5) is 1.73. The van der Waals surface area contributed by atoms with Crippen molar-refractivity contribution in [3.8, 4) is 0 Å². The van der Waals surface area contributed by atoms with Gasteiger partial charge in [-0.1, -0.05) is 35.0 Å². The second-order valence-electron chi connectivity index (χ2n) is 3.47. The molecule has 0 amide bonds. The van der Waals surface area contributed by atoms with Crippen LogP contribution in [0.2, 0.25) is 10.0 Å². The SMILES string of the molecule is Nc1ccc(Cl)cc1Sc1cc(Cl)ccc1N. The van der Waals surface area contributed by atoms with Crippen LogP contribution < -0.4 is 11.5 Å². The van der Waals surface area contributed by atoms with Crippen molar-refractivity contribution in [3.63, 3.8) is 0 Å². The summed E-state index contributed by atoms with van der Waals surface area (Å²) in [6.07, 6.45) is 0. The first-order chi connectivity index (χ1) is 8.06. The molecule has 88 valence electrons. The van der Waals surface area contributed by atoms with Crippen molar-refractivity contribution in [1.82, 2.24) is 0 Å². The summed E-state index contributed by atoms with van der Waals surface area (Å²) in [5, 5.41) is 1.28. The van der Waals surface area contributed by atoms with E-state index < -0.39 is 0 Å². The van der Waals surface area contributed by atoms with E-state index in [-0.39, 0.29) is 0 Å². The van der Waals surface area contributed by atoms with Gasteiger partial charge in [0.2, 0.25) is 0 Å². The molecule has 0 heterocycles. The van der Waals surface area contributed by atoms with Gasteiger partial charge in [0.15, 0.2) is 0 Å². The summed E-state index contributed by atoms with van der Waals surface area (Å²) >= 11 is 13.3. The molecule has 2 rings (SSSR count). The Labute approximate surface area is 114 Å². The van der Waals surface area contributed by atoms with E-state index in [4.69, 9.17) is 34.7 Å². The van der Waals surface area contributed by atoms with Gasteiger partial charge in [-0.05, 0) is 36.4 Å². The van der Waals surface area contributed by atoms with Gasteiger partial charge in [0, 0.05) is 31.2 Å². The minimum Gasteiger partial charge on any atom is -0.398 e. The molecule has 0 radical (unpaired) electrons. The van der Waals surface area contributed by atoms with Crippen LogP contribution in [0.5, 0.6) is 0 Å². The van der Waals surface area contributed by atoms with E-state index in [1.54, 1.807) is 24.3 Å². The molecule has 0 aliphatic rings. The zero-order valence-corrected chi connectivity index (χ0v) is 11.1.